The minimum atomic E-state index is -0.221. The van der Waals surface area contributed by atoms with Crippen LogP contribution in [0, 0.1) is 0 Å². The van der Waals surface area contributed by atoms with E-state index < -0.39 is 0 Å². The molecule has 7 heteroatoms. The van der Waals surface area contributed by atoms with Crippen molar-refractivity contribution < 1.29 is 9.53 Å². The molecular formula is C20H17Cl2N3O2. The van der Waals surface area contributed by atoms with E-state index in [-0.39, 0.29) is 12.0 Å². The maximum absolute atomic E-state index is 12.9. The molecule has 0 saturated carbocycles. The molecule has 1 atom stereocenters. The first-order chi connectivity index (χ1) is 13.1. The number of amides is 1. The van der Waals surface area contributed by atoms with E-state index in [1.807, 2.05) is 41.3 Å². The zero-order valence-corrected chi connectivity index (χ0v) is 15.9. The number of aromatic amines is 1. The maximum Gasteiger partial charge on any atom is 0.254 e. The summed E-state index contributed by atoms with van der Waals surface area (Å²) in [6.07, 6.45) is 1.48. The Morgan fingerprint density at radius 2 is 1.93 bits per heavy atom. The summed E-state index contributed by atoms with van der Waals surface area (Å²) in [7, 11) is 0. The molecule has 1 fully saturated rings. The van der Waals surface area contributed by atoms with Crippen molar-refractivity contribution in [2.75, 3.05) is 19.7 Å². The summed E-state index contributed by atoms with van der Waals surface area (Å²) in [5.74, 6) is -0.0143. The van der Waals surface area contributed by atoms with Gasteiger partial charge in [-0.15, -0.1) is 0 Å². The predicted molar refractivity (Wildman–Crippen MR) is 105 cm³/mol. The van der Waals surface area contributed by atoms with Gasteiger partial charge in [0, 0.05) is 18.3 Å². The lowest BCUT2D eigenvalue weighted by Gasteiger charge is -2.33. The Labute approximate surface area is 166 Å². The summed E-state index contributed by atoms with van der Waals surface area (Å²) in [6, 6.07) is 14.8. The molecular weight excluding hydrogens is 385 g/mol. The molecule has 0 aliphatic carbocycles. The average Bonchev–Trinajstić information content (AvgIpc) is 3.25. The Bertz CT molecular complexity index is 942. The molecule has 2 aromatic carbocycles. The molecule has 2 heterocycles. The third-order valence-corrected chi connectivity index (χ3v) is 5.35. The summed E-state index contributed by atoms with van der Waals surface area (Å²) in [4.78, 5) is 14.7. The summed E-state index contributed by atoms with van der Waals surface area (Å²) in [5, 5.41) is 7.85. The Balaban J connectivity index is 1.49. The fourth-order valence-electron chi connectivity index (χ4n) is 3.14. The number of ether oxygens (including phenoxy) is 1. The van der Waals surface area contributed by atoms with Gasteiger partial charge in [-0.1, -0.05) is 41.4 Å². The van der Waals surface area contributed by atoms with Crippen LogP contribution in [0.3, 0.4) is 0 Å². The van der Waals surface area contributed by atoms with Gasteiger partial charge < -0.3 is 9.64 Å². The number of nitrogens with zero attached hydrogens (tertiary/aromatic N) is 2. The van der Waals surface area contributed by atoms with Gasteiger partial charge in [0.15, 0.2) is 0 Å². The van der Waals surface area contributed by atoms with Crippen LogP contribution in [-0.2, 0) is 4.74 Å². The fourth-order valence-corrected chi connectivity index (χ4v) is 3.45. The lowest BCUT2D eigenvalue weighted by molar-refractivity contribution is -0.0228. The quantitative estimate of drug-likeness (QED) is 0.697. The van der Waals surface area contributed by atoms with E-state index in [0.29, 0.717) is 35.3 Å². The van der Waals surface area contributed by atoms with Crippen LogP contribution in [0.15, 0.2) is 54.7 Å². The number of benzene rings is 2. The van der Waals surface area contributed by atoms with Gasteiger partial charge in [-0.2, -0.15) is 5.10 Å². The largest absolute Gasteiger partial charge is 0.370 e. The lowest BCUT2D eigenvalue weighted by Crippen LogP contribution is -2.42. The van der Waals surface area contributed by atoms with Crippen molar-refractivity contribution in [2.45, 2.75) is 6.10 Å². The molecule has 138 valence electrons. The average molecular weight is 402 g/mol. The third kappa shape index (κ3) is 3.86. The van der Waals surface area contributed by atoms with Crippen molar-refractivity contribution in [1.29, 1.82) is 0 Å². The van der Waals surface area contributed by atoms with Crippen LogP contribution >= 0.6 is 23.2 Å². The number of hydrogen-bond donors (Lipinski definition) is 1. The Morgan fingerprint density at radius 3 is 2.63 bits per heavy atom. The molecule has 1 saturated heterocycles. The van der Waals surface area contributed by atoms with E-state index in [1.54, 1.807) is 18.3 Å². The van der Waals surface area contributed by atoms with Crippen molar-refractivity contribution in [2.24, 2.45) is 0 Å². The number of carbonyl (C=O) groups excluding carboxylic acids is 1. The van der Waals surface area contributed by atoms with Gasteiger partial charge in [0.1, 0.15) is 6.10 Å². The molecule has 5 nitrogen and oxygen atoms in total. The number of nitrogens with one attached hydrogen (secondary N) is 1. The van der Waals surface area contributed by atoms with E-state index in [0.717, 1.165) is 16.8 Å². The van der Waals surface area contributed by atoms with Crippen molar-refractivity contribution in [3.8, 4) is 11.3 Å². The summed E-state index contributed by atoms with van der Waals surface area (Å²) < 4.78 is 5.84. The highest BCUT2D eigenvalue weighted by Crippen LogP contribution is 2.29. The molecule has 1 aliphatic rings. The van der Waals surface area contributed by atoms with Crippen molar-refractivity contribution >= 4 is 29.1 Å². The number of aromatic nitrogens is 2. The summed E-state index contributed by atoms with van der Waals surface area (Å²) >= 11 is 12.1. The molecule has 3 aromatic rings. The van der Waals surface area contributed by atoms with E-state index in [2.05, 4.69) is 10.2 Å². The first-order valence-corrected chi connectivity index (χ1v) is 9.33. The van der Waals surface area contributed by atoms with Crippen LogP contribution in [-0.4, -0.2) is 40.7 Å². The van der Waals surface area contributed by atoms with Gasteiger partial charge in [-0.25, -0.2) is 0 Å². The zero-order valence-electron chi connectivity index (χ0n) is 14.4. The Kier molecular flexibility index (Phi) is 5.16. The molecule has 1 N–H and O–H groups in total. The SMILES string of the molecule is O=C(c1ccc(-c2ccn[nH]2)cc1)N1CCOC(c2ccc(Cl)c(Cl)c2)C1. The molecule has 1 aromatic heterocycles. The highest BCUT2D eigenvalue weighted by atomic mass is 35.5. The first kappa shape index (κ1) is 18.0. The summed E-state index contributed by atoms with van der Waals surface area (Å²) in [6.45, 7) is 1.50. The van der Waals surface area contributed by atoms with Gasteiger partial charge in [-0.3, -0.25) is 9.89 Å². The Hall–Kier alpha value is -2.34. The molecule has 0 radical (unpaired) electrons. The van der Waals surface area contributed by atoms with Crippen LogP contribution in [0.5, 0.6) is 0 Å². The van der Waals surface area contributed by atoms with Crippen LogP contribution in [0.4, 0.5) is 0 Å². The van der Waals surface area contributed by atoms with E-state index in [1.165, 1.54) is 0 Å². The van der Waals surface area contributed by atoms with Crippen LogP contribution in [0.2, 0.25) is 10.0 Å². The van der Waals surface area contributed by atoms with E-state index in [4.69, 9.17) is 27.9 Å². The normalized spacial score (nSPS) is 17.1. The standard InChI is InChI=1S/C20H17Cl2N3O2/c21-16-6-5-15(11-17(16)22)19-12-25(9-10-27-19)20(26)14-3-1-13(2-4-14)18-7-8-23-24-18/h1-8,11,19H,9-10,12H2,(H,23,24). The molecule has 0 bridgehead atoms. The third-order valence-electron chi connectivity index (χ3n) is 4.61. The smallest absolute Gasteiger partial charge is 0.254 e. The monoisotopic (exact) mass is 401 g/mol. The Morgan fingerprint density at radius 1 is 1.11 bits per heavy atom. The van der Waals surface area contributed by atoms with Gasteiger partial charge in [0.25, 0.3) is 5.91 Å². The molecule has 27 heavy (non-hydrogen) atoms. The molecule has 1 amide bonds. The highest BCUT2D eigenvalue weighted by molar-refractivity contribution is 6.42. The first-order valence-electron chi connectivity index (χ1n) is 8.57. The minimum Gasteiger partial charge on any atom is -0.370 e. The van der Waals surface area contributed by atoms with Crippen molar-refractivity contribution in [1.82, 2.24) is 15.1 Å². The van der Waals surface area contributed by atoms with Gasteiger partial charge in [-0.05, 0) is 41.5 Å². The minimum absolute atomic E-state index is 0.0143. The second-order valence-electron chi connectivity index (χ2n) is 6.33. The predicted octanol–water partition coefficient (Wildman–Crippen LogP) is 4.60. The number of morpholine rings is 1. The molecule has 4 rings (SSSR count). The number of rotatable bonds is 3. The van der Waals surface area contributed by atoms with E-state index >= 15 is 0 Å². The van der Waals surface area contributed by atoms with Crippen LogP contribution in [0.25, 0.3) is 11.3 Å². The summed E-state index contributed by atoms with van der Waals surface area (Å²) in [5.41, 5.74) is 3.46. The number of carbonyl (C=O) groups is 1. The number of hydrogen-bond acceptors (Lipinski definition) is 3. The number of halogens is 2. The topological polar surface area (TPSA) is 58.2 Å². The van der Waals surface area contributed by atoms with Gasteiger partial charge in [0.05, 0.1) is 28.9 Å². The van der Waals surface area contributed by atoms with Crippen LogP contribution < -0.4 is 0 Å². The lowest BCUT2D eigenvalue weighted by atomic mass is 10.1. The molecule has 0 spiro atoms. The number of H-pyrrole nitrogens is 1. The highest BCUT2D eigenvalue weighted by Gasteiger charge is 2.26. The molecule has 1 aliphatic heterocycles. The van der Waals surface area contributed by atoms with Gasteiger partial charge in [0.2, 0.25) is 0 Å². The second-order valence-corrected chi connectivity index (χ2v) is 7.15. The van der Waals surface area contributed by atoms with Crippen molar-refractivity contribution in [3.63, 3.8) is 0 Å². The van der Waals surface area contributed by atoms with E-state index in [9.17, 15) is 4.79 Å². The second kappa shape index (κ2) is 7.72. The zero-order chi connectivity index (χ0) is 18.8. The van der Waals surface area contributed by atoms with Crippen molar-refractivity contribution in [3.05, 3.63) is 75.9 Å². The maximum atomic E-state index is 12.9. The van der Waals surface area contributed by atoms with Crippen LogP contribution in [0.1, 0.15) is 22.0 Å². The van der Waals surface area contributed by atoms with Gasteiger partial charge >= 0.3 is 0 Å². The molecule has 1 unspecified atom stereocenters. The fraction of sp³-hybridized carbons (Fsp3) is 0.200.